The first-order chi connectivity index (χ1) is 15.1. The topological polar surface area (TPSA) is 86.8 Å². The number of hydrogen-bond acceptors (Lipinski definition) is 4. The van der Waals surface area contributed by atoms with Crippen LogP contribution in [0.25, 0.3) is 0 Å². The number of sulfonamides is 1. The Morgan fingerprint density at radius 3 is 2.25 bits per heavy atom. The van der Waals surface area contributed by atoms with E-state index in [1.807, 2.05) is 37.3 Å². The van der Waals surface area contributed by atoms with E-state index in [1.54, 1.807) is 6.92 Å². The Morgan fingerprint density at radius 1 is 1.06 bits per heavy atom. The quantitative estimate of drug-likeness (QED) is 0.555. The number of benzene rings is 2. The van der Waals surface area contributed by atoms with E-state index in [9.17, 15) is 22.4 Å². The second kappa shape index (κ2) is 11.6. The van der Waals surface area contributed by atoms with Gasteiger partial charge in [-0.05, 0) is 50.1 Å². The van der Waals surface area contributed by atoms with Crippen molar-refractivity contribution in [2.45, 2.75) is 39.3 Å². The molecule has 2 amide bonds. The van der Waals surface area contributed by atoms with Crippen LogP contribution in [0.2, 0.25) is 0 Å². The summed E-state index contributed by atoms with van der Waals surface area (Å²) in [7, 11) is -3.61. The number of rotatable bonds is 11. The van der Waals surface area contributed by atoms with E-state index in [0.29, 0.717) is 12.2 Å². The van der Waals surface area contributed by atoms with Gasteiger partial charge in [0.2, 0.25) is 21.8 Å². The average Bonchev–Trinajstić information content (AvgIpc) is 2.75. The first-order valence-electron chi connectivity index (χ1n) is 10.5. The van der Waals surface area contributed by atoms with Gasteiger partial charge in [0, 0.05) is 26.1 Å². The van der Waals surface area contributed by atoms with E-state index >= 15 is 0 Å². The van der Waals surface area contributed by atoms with Crippen LogP contribution < -0.4 is 9.62 Å². The van der Waals surface area contributed by atoms with Gasteiger partial charge in [-0.2, -0.15) is 0 Å². The molecule has 7 nitrogen and oxygen atoms in total. The molecule has 0 radical (unpaired) electrons. The summed E-state index contributed by atoms with van der Waals surface area (Å²) in [6, 6.07) is 13.8. The van der Waals surface area contributed by atoms with Crippen molar-refractivity contribution < 1.29 is 22.4 Å². The lowest BCUT2D eigenvalue weighted by molar-refractivity contribution is -0.140. The van der Waals surface area contributed by atoms with Crippen LogP contribution in [0.15, 0.2) is 54.6 Å². The molecule has 0 saturated carbocycles. The Hall–Kier alpha value is -2.94. The van der Waals surface area contributed by atoms with Crippen molar-refractivity contribution in [1.29, 1.82) is 0 Å². The van der Waals surface area contributed by atoms with E-state index in [2.05, 4.69) is 5.32 Å². The lowest BCUT2D eigenvalue weighted by atomic mass is 10.1. The Morgan fingerprint density at radius 2 is 1.69 bits per heavy atom. The van der Waals surface area contributed by atoms with Gasteiger partial charge in [-0.25, -0.2) is 12.8 Å². The summed E-state index contributed by atoms with van der Waals surface area (Å²) in [4.78, 5) is 26.9. The number of likely N-dealkylation sites (N-methyl/N-ethyl adjacent to an activating group) is 1. The van der Waals surface area contributed by atoms with Crippen LogP contribution >= 0.6 is 0 Å². The fraction of sp³-hybridized carbons (Fsp3) is 0.391. The summed E-state index contributed by atoms with van der Waals surface area (Å²) in [5.74, 6) is -0.964. The lowest BCUT2D eigenvalue weighted by Gasteiger charge is -2.29. The molecule has 0 saturated heterocycles. The molecule has 0 fully saturated rings. The number of carbonyl (C=O) groups excluding carboxylic acids is 2. The normalized spacial score (nSPS) is 12.1. The van der Waals surface area contributed by atoms with E-state index in [4.69, 9.17) is 0 Å². The summed E-state index contributed by atoms with van der Waals surface area (Å²) >= 11 is 0. The second-order valence-electron chi connectivity index (χ2n) is 7.49. The van der Waals surface area contributed by atoms with Crippen LogP contribution in [0.5, 0.6) is 0 Å². The summed E-state index contributed by atoms with van der Waals surface area (Å²) in [6.07, 6.45) is 1.37. The van der Waals surface area contributed by atoms with Gasteiger partial charge in [-0.3, -0.25) is 13.9 Å². The van der Waals surface area contributed by atoms with Crippen molar-refractivity contribution in [1.82, 2.24) is 10.2 Å². The molecule has 2 aromatic rings. The number of halogens is 1. The second-order valence-corrected chi connectivity index (χ2v) is 9.40. The molecule has 0 aromatic heterocycles. The molecule has 9 heteroatoms. The Kier molecular flexibility index (Phi) is 9.19. The highest BCUT2D eigenvalue weighted by Crippen LogP contribution is 2.19. The van der Waals surface area contributed by atoms with Gasteiger partial charge in [0.1, 0.15) is 11.9 Å². The number of anilines is 1. The number of amides is 2. The number of hydrogen-bond donors (Lipinski definition) is 1. The van der Waals surface area contributed by atoms with Crippen LogP contribution in [-0.4, -0.2) is 50.5 Å². The minimum absolute atomic E-state index is 0.0593. The molecule has 2 rings (SSSR count). The van der Waals surface area contributed by atoms with Gasteiger partial charge in [0.15, 0.2) is 0 Å². The van der Waals surface area contributed by atoms with Crippen molar-refractivity contribution in [3.05, 3.63) is 66.0 Å². The fourth-order valence-electron chi connectivity index (χ4n) is 3.30. The zero-order chi connectivity index (χ0) is 23.7. The van der Waals surface area contributed by atoms with Crippen LogP contribution in [-0.2, 0) is 26.2 Å². The summed E-state index contributed by atoms with van der Waals surface area (Å²) < 4.78 is 38.8. The maximum absolute atomic E-state index is 13.2. The highest BCUT2D eigenvalue weighted by Gasteiger charge is 2.26. The highest BCUT2D eigenvalue weighted by atomic mass is 32.2. The maximum atomic E-state index is 13.2. The van der Waals surface area contributed by atoms with E-state index < -0.39 is 21.9 Å². The molecular weight excluding hydrogens is 433 g/mol. The smallest absolute Gasteiger partial charge is 0.242 e. The van der Waals surface area contributed by atoms with Crippen LogP contribution in [0.3, 0.4) is 0 Å². The summed E-state index contributed by atoms with van der Waals surface area (Å²) in [6.45, 7) is 4.27. The summed E-state index contributed by atoms with van der Waals surface area (Å²) in [5.41, 5.74) is 1.22. The Bertz CT molecular complexity index is 998. The van der Waals surface area contributed by atoms with Gasteiger partial charge in [-0.15, -0.1) is 0 Å². The van der Waals surface area contributed by atoms with Gasteiger partial charge >= 0.3 is 0 Å². The Balaban J connectivity index is 2.11. The van der Waals surface area contributed by atoms with Crippen molar-refractivity contribution in [3.63, 3.8) is 0 Å². The fourth-order valence-corrected chi connectivity index (χ4v) is 4.26. The van der Waals surface area contributed by atoms with Crippen molar-refractivity contribution in [2.75, 3.05) is 23.7 Å². The molecule has 1 N–H and O–H groups in total. The molecule has 32 heavy (non-hydrogen) atoms. The van der Waals surface area contributed by atoms with E-state index in [0.717, 1.165) is 16.1 Å². The molecule has 2 aromatic carbocycles. The largest absolute Gasteiger partial charge is 0.355 e. The first-order valence-corrected chi connectivity index (χ1v) is 12.3. The van der Waals surface area contributed by atoms with E-state index in [1.165, 1.54) is 29.2 Å². The van der Waals surface area contributed by atoms with Crippen LogP contribution in [0.1, 0.15) is 32.3 Å². The van der Waals surface area contributed by atoms with Crippen molar-refractivity contribution in [2.24, 2.45) is 0 Å². The maximum Gasteiger partial charge on any atom is 0.242 e. The molecular formula is C23H30FN3O4S. The molecule has 0 aliphatic heterocycles. The minimum Gasteiger partial charge on any atom is -0.355 e. The minimum atomic E-state index is -3.61. The lowest BCUT2D eigenvalue weighted by Crippen LogP contribution is -2.47. The molecule has 174 valence electrons. The zero-order valence-electron chi connectivity index (χ0n) is 18.6. The molecule has 0 spiro atoms. The highest BCUT2D eigenvalue weighted by molar-refractivity contribution is 7.92. The molecule has 0 heterocycles. The SMILES string of the molecule is CCNC(=O)C(C)N(Cc1ccccc1)C(=O)CCCN(c1ccc(F)cc1)S(C)(=O)=O. The predicted octanol–water partition coefficient (Wildman–Crippen LogP) is 2.93. The third-order valence-electron chi connectivity index (χ3n) is 4.98. The van der Waals surface area contributed by atoms with Crippen LogP contribution in [0.4, 0.5) is 10.1 Å². The molecule has 1 atom stereocenters. The standard InChI is InChI=1S/C23H30FN3O4S/c1-4-25-23(29)18(2)26(17-19-9-6-5-7-10-19)22(28)11-8-16-27(32(3,30)31)21-14-12-20(24)13-15-21/h5-7,9-10,12-15,18H,4,8,11,16-17H2,1-3H3,(H,25,29). The van der Waals surface area contributed by atoms with Crippen LogP contribution in [0, 0.1) is 5.82 Å². The third kappa shape index (κ3) is 7.33. The summed E-state index contributed by atoms with van der Waals surface area (Å²) in [5, 5.41) is 2.74. The predicted molar refractivity (Wildman–Crippen MR) is 123 cm³/mol. The van der Waals surface area contributed by atoms with Crippen molar-refractivity contribution >= 4 is 27.5 Å². The number of carbonyl (C=O) groups is 2. The monoisotopic (exact) mass is 463 g/mol. The van der Waals surface area contributed by atoms with E-state index in [-0.39, 0.29) is 37.7 Å². The Labute approximate surface area is 189 Å². The van der Waals surface area contributed by atoms with Gasteiger partial charge in [0.05, 0.1) is 11.9 Å². The molecule has 1 unspecified atom stereocenters. The number of nitrogens with one attached hydrogen (secondary N) is 1. The zero-order valence-corrected chi connectivity index (χ0v) is 19.4. The number of nitrogens with zero attached hydrogens (tertiary/aromatic N) is 2. The molecule has 0 aliphatic rings. The first kappa shape index (κ1) is 25.3. The molecule has 0 aliphatic carbocycles. The molecule has 0 bridgehead atoms. The third-order valence-corrected chi connectivity index (χ3v) is 6.17. The average molecular weight is 464 g/mol. The van der Waals surface area contributed by atoms with Gasteiger partial charge in [0.25, 0.3) is 0 Å². The van der Waals surface area contributed by atoms with Crippen molar-refractivity contribution in [3.8, 4) is 0 Å². The van der Waals surface area contributed by atoms with Gasteiger partial charge < -0.3 is 10.2 Å². The van der Waals surface area contributed by atoms with Gasteiger partial charge in [-0.1, -0.05) is 30.3 Å².